The molecule has 2 aromatic carbocycles. The van der Waals surface area contributed by atoms with Crippen molar-refractivity contribution in [3.8, 4) is 0 Å². The van der Waals surface area contributed by atoms with Crippen LogP contribution in [0.15, 0.2) is 70.9 Å². The van der Waals surface area contributed by atoms with Gasteiger partial charge in [0, 0.05) is 22.8 Å². The highest BCUT2D eigenvalue weighted by molar-refractivity contribution is 7.91. The molecule has 1 heterocycles. The van der Waals surface area contributed by atoms with Crippen LogP contribution in [0.3, 0.4) is 0 Å². The van der Waals surface area contributed by atoms with E-state index < -0.39 is 15.7 Å². The van der Waals surface area contributed by atoms with Crippen molar-refractivity contribution in [2.24, 2.45) is 0 Å². The molecule has 29 heavy (non-hydrogen) atoms. The van der Waals surface area contributed by atoms with Gasteiger partial charge in [0.2, 0.25) is 5.91 Å². The standard InChI is InChI=1S/C20H17ClN2O4S2/c21-14-6-8-17(9-7-14)29(26,27)12-10-19(24)22-15-3-1-4-16(13-15)23-20(25)18-5-2-11-28-18/h1-9,11,13H,10,12H2,(H,22,24)(H,23,25). The van der Waals surface area contributed by atoms with Crippen molar-refractivity contribution < 1.29 is 18.0 Å². The number of thiophene rings is 1. The molecule has 6 nitrogen and oxygen atoms in total. The lowest BCUT2D eigenvalue weighted by Gasteiger charge is -2.09. The number of benzene rings is 2. The molecule has 0 saturated heterocycles. The van der Waals surface area contributed by atoms with Crippen LogP contribution in [0.5, 0.6) is 0 Å². The number of nitrogens with one attached hydrogen (secondary N) is 2. The lowest BCUT2D eigenvalue weighted by atomic mass is 10.2. The average Bonchev–Trinajstić information content (AvgIpc) is 3.22. The minimum Gasteiger partial charge on any atom is -0.326 e. The number of amides is 2. The van der Waals surface area contributed by atoms with Gasteiger partial charge in [0.1, 0.15) is 0 Å². The van der Waals surface area contributed by atoms with Crippen molar-refractivity contribution >= 4 is 56.0 Å². The molecule has 0 saturated carbocycles. The fourth-order valence-electron chi connectivity index (χ4n) is 2.49. The van der Waals surface area contributed by atoms with Crippen molar-refractivity contribution in [3.63, 3.8) is 0 Å². The van der Waals surface area contributed by atoms with Crippen LogP contribution in [0, 0.1) is 0 Å². The highest BCUT2D eigenvalue weighted by Gasteiger charge is 2.16. The Morgan fingerprint density at radius 2 is 1.62 bits per heavy atom. The van der Waals surface area contributed by atoms with Gasteiger partial charge in [-0.1, -0.05) is 23.7 Å². The highest BCUT2D eigenvalue weighted by atomic mass is 35.5. The minimum atomic E-state index is -3.59. The third kappa shape index (κ3) is 5.90. The van der Waals surface area contributed by atoms with E-state index >= 15 is 0 Å². The van der Waals surface area contributed by atoms with Crippen molar-refractivity contribution in [2.75, 3.05) is 16.4 Å². The molecule has 1 aromatic heterocycles. The maximum atomic E-state index is 12.3. The molecular weight excluding hydrogens is 432 g/mol. The minimum absolute atomic E-state index is 0.119. The van der Waals surface area contributed by atoms with Gasteiger partial charge < -0.3 is 10.6 Å². The molecule has 2 N–H and O–H groups in total. The lowest BCUT2D eigenvalue weighted by molar-refractivity contribution is -0.115. The van der Waals surface area contributed by atoms with E-state index in [0.29, 0.717) is 21.3 Å². The third-order valence-corrected chi connectivity index (χ3v) is 6.77. The summed E-state index contributed by atoms with van der Waals surface area (Å²) in [6.07, 6.45) is -0.198. The second kappa shape index (κ2) is 9.21. The molecule has 0 spiro atoms. The molecular formula is C20H17ClN2O4S2. The number of carbonyl (C=O) groups excluding carboxylic acids is 2. The molecule has 150 valence electrons. The molecule has 0 unspecified atom stereocenters. The van der Waals surface area contributed by atoms with Crippen LogP contribution < -0.4 is 10.6 Å². The monoisotopic (exact) mass is 448 g/mol. The summed E-state index contributed by atoms with van der Waals surface area (Å²) >= 11 is 7.10. The predicted octanol–water partition coefficient (Wildman–Crippen LogP) is 4.46. The summed E-state index contributed by atoms with van der Waals surface area (Å²) in [7, 11) is -3.59. The van der Waals surface area contributed by atoms with E-state index in [1.165, 1.54) is 35.6 Å². The molecule has 3 aromatic rings. The smallest absolute Gasteiger partial charge is 0.265 e. The van der Waals surface area contributed by atoms with Crippen molar-refractivity contribution in [1.82, 2.24) is 0 Å². The van der Waals surface area contributed by atoms with Crippen LogP contribution in [0.2, 0.25) is 5.02 Å². The maximum absolute atomic E-state index is 12.3. The second-order valence-corrected chi connectivity index (χ2v) is 9.58. The second-order valence-electron chi connectivity index (χ2n) is 6.08. The zero-order chi connectivity index (χ0) is 20.9. The third-order valence-electron chi connectivity index (χ3n) is 3.92. The van der Waals surface area contributed by atoms with E-state index in [1.807, 2.05) is 5.38 Å². The molecule has 0 radical (unpaired) electrons. The topological polar surface area (TPSA) is 92.3 Å². The van der Waals surface area contributed by atoms with E-state index in [1.54, 1.807) is 36.4 Å². The summed E-state index contributed by atoms with van der Waals surface area (Å²) in [5, 5.41) is 7.65. The van der Waals surface area contributed by atoms with E-state index in [2.05, 4.69) is 10.6 Å². The zero-order valence-electron chi connectivity index (χ0n) is 15.1. The summed E-state index contributed by atoms with van der Waals surface area (Å²) in [4.78, 5) is 25.0. The highest BCUT2D eigenvalue weighted by Crippen LogP contribution is 2.19. The number of hydrogen-bond acceptors (Lipinski definition) is 5. The number of sulfone groups is 1. The first kappa shape index (κ1) is 21.0. The van der Waals surface area contributed by atoms with Crippen LogP contribution in [-0.4, -0.2) is 26.0 Å². The Kier molecular flexibility index (Phi) is 6.68. The Bertz CT molecular complexity index is 1110. The summed E-state index contributed by atoms with van der Waals surface area (Å²) in [5.74, 6) is -1.00. The van der Waals surface area contributed by atoms with Gasteiger partial charge in [-0.15, -0.1) is 11.3 Å². The van der Waals surface area contributed by atoms with E-state index in [9.17, 15) is 18.0 Å². The average molecular weight is 449 g/mol. The van der Waals surface area contributed by atoms with Gasteiger partial charge in [-0.25, -0.2) is 8.42 Å². The van der Waals surface area contributed by atoms with Crippen LogP contribution in [0.4, 0.5) is 11.4 Å². The van der Waals surface area contributed by atoms with Gasteiger partial charge in [-0.05, 0) is 53.9 Å². The first-order chi connectivity index (χ1) is 13.8. The van der Waals surface area contributed by atoms with Gasteiger partial charge >= 0.3 is 0 Å². The Balaban J connectivity index is 1.58. The fourth-order valence-corrected chi connectivity index (χ4v) is 4.47. The summed E-state index contributed by atoms with van der Waals surface area (Å²) in [6, 6.07) is 16.0. The first-order valence-corrected chi connectivity index (χ1v) is 11.5. The van der Waals surface area contributed by atoms with Gasteiger partial charge in [0.15, 0.2) is 9.84 Å². The summed E-state index contributed by atoms with van der Waals surface area (Å²) < 4.78 is 24.6. The van der Waals surface area contributed by atoms with Gasteiger partial charge in [-0.3, -0.25) is 9.59 Å². The zero-order valence-corrected chi connectivity index (χ0v) is 17.5. The van der Waals surface area contributed by atoms with Crippen LogP contribution in [0.1, 0.15) is 16.1 Å². The van der Waals surface area contributed by atoms with Gasteiger partial charge in [0.05, 0.1) is 15.5 Å². The fraction of sp³-hybridized carbons (Fsp3) is 0.100. The number of carbonyl (C=O) groups is 2. The van der Waals surface area contributed by atoms with Crippen molar-refractivity contribution in [1.29, 1.82) is 0 Å². The van der Waals surface area contributed by atoms with Crippen LogP contribution in [-0.2, 0) is 14.6 Å². The van der Waals surface area contributed by atoms with Crippen molar-refractivity contribution in [3.05, 3.63) is 75.9 Å². The normalized spacial score (nSPS) is 11.1. The Morgan fingerprint density at radius 3 is 2.28 bits per heavy atom. The first-order valence-electron chi connectivity index (χ1n) is 8.56. The van der Waals surface area contributed by atoms with E-state index in [0.717, 1.165) is 0 Å². The van der Waals surface area contributed by atoms with E-state index in [-0.39, 0.29) is 23.0 Å². The number of rotatable bonds is 7. The summed E-state index contributed by atoms with van der Waals surface area (Å²) in [6.45, 7) is 0. The Morgan fingerprint density at radius 1 is 0.931 bits per heavy atom. The molecule has 3 rings (SSSR count). The molecule has 0 bridgehead atoms. The molecule has 0 fully saturated rings. The SMILES string of the molecule is O=C(CCS(=O)(=O)c1ccc(Cl)cc1)Nc1cccc(NC(=O)c2cccs2)c1. The molecule has 2 amide bonds. The molecule has 9 heteroatoms. The van der Waals surface area contributed by atoms with Crippen LogP contribution in [0.25, 0.3) is 0 Å². The van der Waals surface area contributed by atoms with Crippen LogP contribution >= 0.6 is 22.9 Å². The number of anilines is 2. The molecule has 0 aliphatic rings. The quantitative estimate of drug-likeness (QED) is 0.558. The predicted molar refractivity (Wildman–Crippen MR) is 115 cm³/mol. The maximum Gasteiger partial charge on any atom is 0.265 e. The molecule has 0 aliphatic carbocycles. The Hall–Kier alpha value is -2.68. The molecule has 0 aliphatic heterocycles. The summed E-state index contributed by atoms with van der Waals surface area (Å²) in [5.41, 5.74) is 0.984. The van der Waals surface area contributed by atoms with Gasteiger partial charge in [-0.2, -0.15) is 0 Å². The molecule has 0 atom stereocenters. The largest absolute Gasteiger partial charge is 0.326 e. The number of halogens is 1. The Labute approximate surface area is 177 Å². The number of hydrogen-bond donors (Lipinski definition) is 2. The van der Waals surface area contributed by atoms with Crippen molar-refractivity contribution in [2.45, 2.75) is 11.3 Å². The lowest BCUT2D eigenvalue weighted by Crippen LogP contribution is -2.17. The van der Waals surface area contributed by atoms with E-state index in [4.69, 9.17) is 11.6 Å². The van der Waals surface area contributed by atoms with Gasteiger partial charge in [0.25, 0.3) is 5.91 Å².